The molecule has 0 spiro atoms. The van der Waals surface area contributed by atoms with Gasteiger partial charge in [-0.2, -0.15) is 0 Å². The Morgan fingerprint density at radius 1 is 1.54 bits per heavy atom. The van der Waals surface area contributed by atoms with E-state index in [1.165, 1.54) is 25.1 Å². The van der Waals surface area contributed by atoms with Crippen molar-refractivity contribution in [2.75, 3.05) is 0 Å². The van der Waals surface area contributed by atoms with Crippen molar-refractivity contribution in [1.29, 1.82) is 0 Å². The van der Waals surface area contributed by atoms with Gasteiger partial charge in [-0.25, -0.2) is 4.39 Å². The topological polar surface area (TPSA) is 57.5 Å². The molecule has 3 nitrogen and oxygen atoms in total. The predicted octanol–water partition coefficient (Wildman–Crippen LogP) is 1.72. The zero-order valence-corrected chi connectivity index (χ0v) is 6.99. The van der Waals surface area contributed by atoms with E-state index in [1.807, 2.05) is 0 Å². The quantitative estimate of drug-likeness (QED) is 0.735. The molecule has 0 fully saturated rings. The molecular weight excluding hydrogens is 175 g/mol. The van der Waals surface area contributed by atoms with E-state index in [4.69, 9.17) is 10.2 Å². The summed E-state index contributed by atoms with van der Waals surface area (Å²) in [6.45, 7) is 1.36. The minimum Gasteiger partial charge on any atom is -0.505 e. The molecular formula is C9H9FO3. The molecule has 70 valence electrons. The summed E-state index contributed by atoms with van der Waals surface area (Å²) in [5.74, 6) is -3.46. The van der Waals surface area contributed by atoms with Crippen molar-refractivity contribution in [3.63, 3.8) is 0 Å². The molecule has 0 aliphatic heterocycles. The van der Waals surface area contributed by atoms with Gasteiger partial charge in [0, 0.05) is 5.56 Å². The summed E-state index contributed by atoms with van der Waals surface area (Å²) in [6, 6.07) is 3.93. The molecule has 2 N–H and O–H groups in total. The van der Waals surface area contributed by atoms with Crippen LogP contribution in [0.3, 0.4) is 0 Å². The van der Waals surface area contributed by atoms with E-state index in [0.717, 1.165) is 0 Å². The molecule has 1 aromatic rings. The van der Waals surface area contributed by atoms with E-state index in [9.17, 15) is 9.18 Å². The van der Waals surface area contributed by atoms with Crippen molar-refractivity contribution in [2.45, 2.75) is 12.8 Å². The molecule has 0 heterocycles. The smallest absolute Gasteiger partial charge is 0.310 e. The number of rotatable bonds is 2. The maximum atomic E-state index is 13.1. The van der Waals surface area contributed by atoms with Crippen LogP contribution in [0.15, 0.2) is 18.2 Å². The third-order valence-electron chi connectivity index (χ3n) is 1.85. The van der Waals surface area contributed by atoms with E-state index in [1.54, 1.807) is 0 Å². The van der Waals surface area contributed by atoms with Gasteiger partial charge in [-0.05, 0) is 13.0 Å². The number of phenols is 1. The number of phenolic OH excluding ortho intramolecular Hbond substituents is 1. The Labute approximate surface area is 74.4 Å². The van der Waals surface area contributed by atoms with Crippen molar-refractivity contribution in [3.05, 3.63) is 29.6 Å². The normalized spacial score (nSPS) is 12.5. The second kappa shape index (κ2) is 3.43. The number of aromatic hydroxyl groups is 1. The lowest BCUT2D eigenvalue weighted by Gasteiger charge is -2.07. The molecule has 0 aliphatic carbocycles. The molecule has 4 heteroatoms. The fraction of sp³-hybridized carbons (Fsp3) is 0.222. The van der Waals surface area contributed by atoms with Crippen molar-refractivity contribution in [1.82, 2.24) is 0 Å². The summed E-state index contributed by atoms with van der Waals surface area (Å²) in [4.78, 5) is 10.5. The number of hydrogen-bond donors (Lipinski definition) is 2. The van der Waals surface area contributed by atoms with Crippen molar-refractivity contribution < 1.29 is 19.4 Å². The molecule has 0 aliphatic rings. The van der Waals surface area contributed by atoms with Crippen LogP contribution in [-0.4, -0.2) is 16.2 Å². The van der Waals surface area contributed by atoms with Crippen LogP contribution in [0.2, 0.25) is 0 Å². The Balaban J connectivity index is 3.15. The second-order valence-corrected chi connectivity index (χ2v) is 2.74. The lowest BCUT2D eigenvalue weighted by molar-refractivity contribution is -0.138. The molecule has 0 saturated carbocycles. The fourth-order valence-electron chi connectivity index (χ4n) is 1.00. The first-order chi connectivity index (χ1) is 6.04. The van der Waals surface area contributed by atoms with Crippen LogP contribution in [0.4, 0.5) is 4.39 Å². The molecule has 0 amide bonds. The van der Waals surface area contributed by atoms with Gasteiger partial charge in [-0.3, -0.25) is 4.79 Å². The predicted molar refractivity (Wildman–Crippen MR) is 44.1 cm³/mol. The lowest BCUT2D eigenvalue weighted by atomic mass is 10.0. The lowest BCUT2D eigenvalue weighted by Crippen LogP contribution is -2.09. The Kier molecular flexibility index (Phi) is 2.51. The summed E-state index contributed by atoms with van der Waals surface area (Å²) in [6.07, 6.45) is 0. The van der Waals surface area contributed by atoms with Crippen LogP contribution >= 0.6 is 0 Å². The van der Waals surface area contributed by atoms with E-state index in [0.29, 0.717) is 0 Å². The van der Waals surface area contributed by atoms with Crippen LogP contribution in [0.25, 0.3) is 0 Å². The third kappa shape index (κ3) is 1.77. The van der Waals surface area contributed by atoms with Gasteiger partial charge in [0.1, 0.15) is 0 Å². The van der Waals surface area contributed by atoms with Crippen molar-refractivity contribution in [3.8, 4) is 5.75 Å². The summed E-state index contributed by atoms with van der Waals surface area (Å²) in [5.41, 5.74) is -0.00694. The molecule has 0 aromatic heterocycles. The highest BCUT2D eigenvalue weighted by atomic mass is 19.1. The minimum atomic E-state index is -1.12. The van der Waals surface area contributed by atoms with Crippen LogP contribution < -0.4 is 0 Å². The molecule has 1 atom stereocenters. The summed E-state index contributed by atoms with van der Waals surface area (Å²) in [5, 5.41) is 17.6. The number of benzene rings is 1. The number of carboxylic acids is 1. The molecule has 13 heavy (non-hydrogen) atoms. The van der Waals surface area contributed by atoms with E-state index in [-0.39, 0.29) is 5.56 Å². The SMILES string of the molecule is CC(C(=O)O)c1cccc(O)c1F. The average Bonchev–Trinajstić information content (AvgIpc) is 2.08. The number of aliphatic carboxylic acids is 1. The molecule has 1 aromatic carbocycles. The first kappa shape index (κ1) is 9.51. The molecule has 0 bridgehead atoms. The van der Waals surface area contributed by atoms with Crippen LogP contribution in [-0.2, 0) is 4.79 Å². The van der Waals surface area contributed by atoms with Gasteiger partial charge in [0.2, 0.25) is 0 Å². The molecule has 1 unspecified atom stereocenters. The van der Waals surface area contributed by atoms with Crippen LogP contribution in [0, 0.1) is 5.82 Å². The highest BCUT2D eigenvalue weighted by molar-refractivity contribution is 5.75. The second-order valence-electron chi connectivity index (χ2n) is 2.74. The van der Waals surface area contributed by atoms with Gasteiger partial charge in [-0.15, -0.1) is 0 Å². The summed E-state index contributed by atoms with van der Waals surface area (Å²) in [7, 11) is 0. The van der Waals surface area contributed by atoms with Gasteiger partial charge >= 0.3 is 5.97 Å². The number of carboxylic acid groups (broad SMARTS) is 1. The van der Waals surface area contributed by atoms with Crippen molar-refractivity contribution in [2.24, 2.45) is 0 Å². The third-order valence-corrected chi connectivity index (χ3v) is 1.85. The minimum absolute atomic E-state index is 0.00694. The molecule has 0 radical (unpaired) electrons. The highest BCUT2D eigenvalue weighted by Gasteiger charge is 2.19. The zero-order chi connectivity index (χ0) is 10.0. The Morgan fingerprint density at radius 2 is 2.15 bits per heavy atom. The Hall–Kier alpha value is -1.58. The van der Waals surface area contributed by atoms with Gasteiger partial charge in [0.15, 0.2) is 11.6 Å². The summed E-state index contributed by atoms with van der Waals surface area (Å²) >= 11 is 0. The standard InChI is InChI=1S/C9H9FO3/c1-5(9(12)13)6-3-2-4-7(11)8(6)10/h2-5,11H,1H3,(H,12,13). The van der Waals surface area contributed by atoms with E-state index in [2.05, 4.69) is 0 Å². The van der Waals surface area contributed by atoms with Crippen molar-refractivity contribution >= 4 is 5.97 Å². The Morgan fingerprint density at radius 3 is 2.69 bits per heavy atom. The molecule has 1 rings (SSSR count). The van der Waals surface area contributed by atoms with Crippen LogP contribution in [0.1, 0.15) is 18.4 Å². The van der Waals surface area contributed by atoms with E-state index < -0.39 is 23.5 Å². The number of halogens is 1. The Bertz CT molecular complexity index is 336. The number of hydrogen-bond acceptors (Lipinski definition) is 2. The highest BCUT2D eigenvalue weighted by Crippen LogP contribution is 2.25. The van der Waals surface area contributed by atoms with Crippen LogP contribution in [0.5, 0.6) is 5.75 Å². The maximum absolute atomic E-state index is 13.1. The monoisotopic (exact) mass is 184 g/mol. The maximum Gasteiger partial charge on any atom is 0.310 e. The number of carbonyl (C=O) groups is 1. The first-order valence-corrected chi connectivity index (χ1v) is 3.74. The van der Waals surface area contributed by atoms with Gasteiger partial charge in [0.25, 0.3) is 0 Å². The van der Waals surface area contributed by atoms with Gasteiger partial charge in [0.05, 0.1) is 5.92 Å². The molecule has 0 saturated heterocycles. The van der Waals surface area contributed by atoms with Gasteiger partial charge in [-0.1, -0.05) is 12.1 Å². The largest absolute Gasteiger partial charge is 0.505 e. The fourth-order valence-corrected chi connectivity index (χ4v) is 1.00. The first-order valence-electron chi connectivity index (χ1n) is 3.74. The summed E-state index contributed by atoms with van der Waals surface area (Å²) < 4.78 is 13.1. The van der Waals surface area contributed by atoms with E-state index >= 15 is 0 Å². The zero-order valence-electron chi connectivity index (χ0n) is 6.99. The average molecular weight is 184 g/mol. The van der Waals surface area contributed by atoms with Gasteiger partial charge < -0.3 is 10.2 Å².